The molecule has 3 N–H and O–H groups in total. The van der Waals surface area contributed by atoms with Gasteiger partial charge in [-0.1, -0.05) is 32.9 Å². The van der Waals surface area contributed by atoms with E-state index >= 15 is 0 Å². The topological polar surface area (TPSA) is 104 Å². The Morgan fingerprint density at radius 2 is 1.69 bits per heavy atom. The third-order valence-corrected chi connectivity index (χ3v) is 6.64. The van der Waals surface area contributed by atoms with Crippen LogP contribution in [0.2, 0.25) is 0 Å². The Labute approximate surface area is 209 Å². The number of halogens is 1. The summed E-state index contributed by atoms with van der Waals surface area (Å²) < 4.78 is 30.9. The Balaban J connectivity index is 0.00000512. The summed E-state index contributed by atoms with van der Waals surface area (Å²) in [6.07, 6.45) is 0. The molecule has 0 aliphatic rings. The number of sulfone groups is 1. The third kappa shape index (κ3) is 8.08. The van der Waals surface area contributed by atoms with Crippen LogP contribution in [0.1, 0.15) is 51.7 Å². The van der Waals surface area contributed by atoms with Gasteiger partial charge < -0.3 is 20.2 Å². The van der Waals surface area contributed by atoms with Crippen LogP contribution in [-0.2, 0) is 20.9 Å². The Morgan fingerprint density at radius 1 is 1.06 bits per heavy atom. The standard InChI is InChI=1S/C23H35N3O4S.HI/c1-7-24-21(26-16-23(6,27)20-13-8-17(2)30-20)25-14-15-31(28,29)19-11-9-18(10-12-19)22(3,4)5;/h8-13,27H,7,14-16H2,1-6H3,(H2,24,25,26);1H. The molecule has 0 saturated heterocycles. The van der Waals surface area contributed by atoms with Crippen LogP contribution >= 0.6 is 24.0 Å². The van der Waals surface area contributed by atoms with E-state index in [-0.39, 0.29) is 48.2 Å². The van der Waals surface area contributed by atoms with Crippen molar-refractivity contribution in [2.75, 3.05) is 25.4 Å². The lowest BCUT2D eigenvalue weighted by Gasteiger charge is -2.20. The molecular weight excluding hydrogens is 541 g/mol. The molecular formula is C23H36IN3O4S. The lowest BCUT2D eigenvalue weighted by molar-refractivity contribution is 0.0428. The predicted molar refractivity (Wildman–Crippen MR) is 140 cm³/mol. The maximum atomic E-state index is 12.7. The molecule has 32 heavy (non-hydrogen) atoms. The first-order valence-electron chi connectivity index (χ1n) is 10.5. The van der Waals surface area contributed by atoms with Crippen molar-refractivity contribution in [3.05, 3.63) is 53.5 Å². The number of guanidine groups is 1. The van der Waals surface area contributed by atoms with Gasteiger partial charge in [0.25, 0.3) is 0 Å². The zero-order valence-corrected chi connectivity index (χ0v) is 22.9. The zero-order chi connectivity index (χ0) is 23.3. The van der Waals surface area contributed by atoms with Crippen LogP contribution in [0.3, 0.4) is 0 Å². The lowest BCUT2D eigenvalue weighted by Crippen LogP contribution is -2.40. The van der Waals surface area contributed by atoms with Crippen molar-refractivity contribution >= 4 is 39.8 Å². The summed E-state index contributed by atoms with van der Waals surface area (Å²) in [6.45, 7) is 12.5. The fourth-order valence-corrected chi connectivity index (χ4v) is 4.12. The van der Waals surface area contributed by atoms with Crippen molar-refractivity contribution in [2.45, 2.75) is 57.5 Å². The second kappa shape index (κ2) is 11.5. The normalized spacial score (nSPS) is 14.4. The molecule has 2 aromatic rings. The summed E-state index contributed by atoms with van der Waals surface area (Å²) in [5.41, 5.74) is -0.210. The molecule has 9 heteroatoms. The van der Waals surface area contributed by atoms with Crippen LogP contribution in [-0.4, -0.2) is 44.9 Å². The molecule has 0 amide bonds. The van der Waals surface area contributed by atoms with Crippen molar-refractivity contribution in [1.29, 1.82) is 0 Å². The molecule has 0 aliphatic heterocycles. The minimum absolute atomic E-state index is 0. The number of nitrogens with zero attached hydrogens (tertiary/aromatic N) is 1. The largest absolute Gasteiger partial charge is 0.463 e. The molecule has 1 aromatic carbocycles. The molecule has 0 saturated carbocycles. The number of hydrogen-bond donors (Lipinski definition) is 3. The summed E-state index contributed by atoms with van der Waals surface area (Å²) in [5, 5.41) is 16.7. The van der Waals surface area contributed by atoms with Gasteiger partial charge in [0.05, 0.1) is 17.2 Å². The van der Waals surface area contributed by atoms with Gasteiger partial charge in [-0.25, -0.2) is 13.4 Å². The maximum Gasteiger partial charge on any atom is 0.191 e. The van der Waals surface area contributed by atoms with Crippen molar-refractivity contribution < 1.29 is 17.9 Å². The number of furan rings is 1. The van der Waals surface area contributed by atoms with Gasteiger partial charge in [-0.15, -0.1) is 24.0 Å². The quantitative estimate of drug-likeness (QED) is 0.251. The van der Waals surface area contributed by atoms with Gasteiger partial charge in [0.1, 0.15) is 17.1 Å². The van der Waals surface area contributed by atoms with E-state index in [0.717, 1.165) is 5.56 Å². The number of aliphatic imine (C=N–C) groups is 1. The fourth-order valence-electron chi connectivity index (χ4n) is 2.96. The number of aryl methyl sites for hydroxylation is 1. The Morgan fingerprint density at radius 3 is 2.19 bits per heavy atom. The van der Waals surface area contributed by atoms with Crippen LogP contribution in [0, 0.1) is 6.92 Å². The minimum atomic E-state index is -3.43. The van der Waals surface area contributed by atoms with Crippen molar-refractivity contribution in [3.63, 3.8) is 0 Å². The highest BCUT2D eigenvalue weighted by atomic mass is 127. The summed E-state index contributed by atoms with van der Waals surface area (Å²) >= 11 is 0. The van der Waals surface area contributed by atoms with Gasteiger partial charge in [0, 0.05) is 13.1 Å². The summed E-state index contributed by atoms with van der Waals surface area (Å²) in [6, 6.07) is 10.6. The van der Waals surface area contributed by atoms with Crippen molar-refractivity contribution in [3.8, 4) is 0 Å². The van der Waals surface area contributed by atoms with E-state index in [4.69, 9.17) is 4.42 Å². The number of nitrogens with one attached hydrogen (secondary N) is 2. The molecule has 1 aromatic heterocycles. The number of benzene rings is 1. The van der Waals surface area contributed by atoms with E-state index in [1.54, 1.807) is 31.2 Å². The van der Waals surface area contributed by atoms with Gasteiger partial charge in [-0.2, -0.15) is 0 Å². The summed E-state index contributed by atoms with van der Waals surface area (Å²) in [5.74, 6) is 1.51. The van der Waals surface area contributed by atoms with Gasteiger partial charge in [0.2, 0.25) is 0 Å². The van der Waals surface area contributed by atoms with Gasteiger partial charge in [-0.3, -0.25) is 0 Å². The highest BCUT2D eigenvalue weighted by Crippen LogP contribution is 2.24. The first-order chi connectivity index (χ1) is 14.3. The van der Waals surface area contributed by atoms with Crippen molar-refractivity contribution in [2.24, 2.45) is 4.99 Å². The van der Waals surface area contributed by atoms with Gasteiger partial charge in [-0.05, 0) is 56.0 Å². The van der Waals surface area contributed by atoms with Crippen LogP contribution in [0.5, 0.6) is 0 Å². The van der Waals surface area contributed by atoms with Crippen LogP contribution in [0.15, 0.2) is 50.7 Å². The van der Waals surface area contributed by atoms with Crippen LogP contribution < -0.4 is 10.6 Å². The molecule has 0 aliphatic carbocycles. The first-order valence-corrected chi connectivity index (χ1v) is 12.1. The summed E-state index contributed by atoms with van der Waals surface area (Å²) in [4.78, 5) is 4.70. The van der Waals surface area contributed by atoms with E-state index in [0.29, 0.717) is 28.9 Å². The highest BCUT2D eigenvalue weighted by molar-refractivity contribution is 14.0. The fraction of sp³-hybridized carbons (Fsp3) is 0.522. The highest BCUT2D eigenvalue weighted by Gasteiger charge is 2.26. The molecule has 1 unspecified atom stereocenters. The maximum absolute atomic E-state index is 12.7. The van der Waals surface area contributed by atoms with Gasteiger partial charge >= 0.3 is 0 Å². The average molecular weight is 578 g/mol. The lowest BCUT2D eigenvalue weighted by atomic mass is 9.87. The SMILES string of the molecule is CCNC(=NCC(C)(O)c1ccc(C)o1)NCCS(=O)(=O)c1ccc(C(C)(C)C)cc1.I. The Hall–Kier alpha value is -1.59. The molecule has 0 bridgehead atoms. The third-order valence-electron chi connectivity index (χ3n) is 4.90. The first kappa shape index (κ1) is 28.4. The number of rotatable bonds is 8. The van der Waals surface area contributed by atoms with E-state index in [2.05, 4.69) is 36.4 Å². The average Bonchev–Trinajstić information content (AvgIpc) is 3.13. The smallest absolute Gasteiger partial charge is 0.191 e. The minimum Gasteiger partial charge on any atom is -0.463 e. The zero-order valence-electron chi connectivity index (χ0n) is 19.7. The second-order valence-electron chi connectivity index (χ2n) is 8.90. The van der Waals surface area contributed by atoms with Crippen LogP contribution in [0.25, 0.3) is 0 Å². The predicted octanol–water partition coefficient (Wildman–Crippen LogP) is 3.74. The number of hydrogen-bond acceptors (Lipinski definition) is 5. The number of aliphatic hydroxyl groups is 1. The molecule has 1 heterocycles. The molecule has 2 rings (SSSR count). The Kier molecular flexibility index (Phi) is 10.2. The van der Waals surface area contributed by atoms with Gasteiger partial charge in [0.15, 0.2) is 15.8 Å². The van der Waals surface area contributed by atoms with E-state index in [9.17, 15) is 13.5 Å². The van der Waals surface area contributed by atoms with Crippen molar-refractivity contribution in [1.82, 2.24) is 10.6 Å². The molecule has 180 valence electrons. The Bertz CT molecular complexity index is 991. The van der Waals surface area contributed by atoms with E-state index in [1.165, 1.54) is 0 Å². The molecule has 1 atom stereocenters. The second-order valence-corrected chi connectivity index (χ2v) is 11.0. The molecule has 7 nitrogen and oxygen atoms in total. The monoisotopic (exact) mass is 577 g/mol. The van der Waals surface area contributed by atoms with E-state index in [1.807, 2.05) is 26.0 Å². The molecule has 0 radical (unpaired) electrons. The van der Waals surface area contributed by atoms with E-state index < -0.39 is 15.4 Å². The summed E-state index contributed by atoms with van der Waals surface area (Å²) in [7, 11) is -3.43. The molecule has 0 fully saturated rings. The molecule has 0 spiro atoms. The van der Waals surface area contributed by atoms with Crippen LogP contribution in [0.4, 0.5) is 0 Å².